The molecule has 3 atom stereocenters. The number of hydrogen-bond acceptors (Lipinski definition) is 5. The highest BCUT2D eigenvalue weighted by Gasteiger charge is 2.47. The number of rotatable bonds is 8. The van der Waals surface area contributed by atoms with Crippen molar-refractivity contribution in [3.63, 3.8) is 0 Å². The molecule has 1 aliphatic carbocycles. The number of aromatic hydroxyl groups is 1. The summed E-state index contributed by atoms with van der Waals surface area (Å²) in [5, 5.41) is 26.6. The van der Waals surface area contributed by atoms with Crippen molar-refractivity contribution >= 4 is 11.9 Å². The Hall–Kier alpha value is -2.54. The molecule has 1 aromatic rings. The third-order valence-electron chi connectivity index (χ3n) is 7.45. The van der Waals surface area contributed by atoms with Crippen LogP contribution in [0.25, 0.3) is 0 Å². The largest absolute Gasteiger partial charge is 0.508 e. The van der Waals surface area contributed by atoms with Gasteiger partial charge in [0.1, 0.15) is 17.1 Å². The Bertz CT molecular complexity index is 904. The molecule has 7 nitrogen and oxygen atoms in total. The summed E-state index contributed by atoms with van der Waals surface area (Å²) in [6, 6.07) is 4.42. The summed E-state index contributed by atoms with van der Waals surface area (Å²) in [5.41, 5.74) is 8.30. The van der Waals surface area contributed by atoms with E-state index in [1.54, 1.807) is 0 Å². The quantitative estimate of drug-likeness (QED) is 0.271. The molecule has 1 aromatic carbocycles. The Morgan fingerprint density at radius 3 is 2.31 bits per heavy atom. The molecule has 0 aromatic heterocycles. The van der Waals surface area contributed by atoms with Gasteiger partial charge in [0, 0.05) is 29.7 Å². The molecule has 1 saturated carbocycles. The van der Waals surface area contributed by atoms with E-state index in [2.05, 4.69) is 40.7 Å². The van der Waals surface area contributed by atoms with Crippen molar-refractivity contribution < 1.29 is 29.6 Å². The predicted octanol–water partition coefficient (Wildman–Crippen LogP) is 5.73. The lowest BCUT2D eigenvalue weighted by atomic mass is 9.65. The SMILES string of the molecule is CCCCCCC(C)(C)c1cc(O)c2c(c1)OC(C)(C)C1CCC(N)CC21.O=C(O)/C=C\C(=O)O. The number of unbranched alkanes of at least 4 members (excludes halogenated alkanes) is 3. The molecule has 35 heavy (non-hydrogen) atoms. The van der Waals surface area contributed by atoms with Gasteiger partial charge >= 0.3 is 11.9 Å². The van der Waals surface area contributed by atoms with Gasteiger partial charge in [0.05, 0.1) is 0 Å². The summed E-state index contributed by atoms with van der Waals surface area (Å²) in [6.45, 7) is 11.2. The minimum absolute atomic E-state index is 0.0353. The second-order valence-corrected chi connectivity index (χ2v) is 11.1. The second kappa shape index (κ2) is 11.9. The van der Waals surface area contributed by atoms with E-state index in [-0.39, 0.29) is 17.1 Å². The topological polar surface area (TPSA) is 130 Å². The van der Waals surface area contributed by atoms with E-state index in [1.165, 1.54) is 31.2 Å². The third-order valence-corrected chi connectivity index (χ3v) is 7.45. The summed E-state index contributed by atoms with van der Waals surface area (Å²) in [4.78, 5) is 19.1. The van der Waals surface area contributed by atoms with Gasteiger partial charge in [-0.2, -0.15) is 0 Å². The molecule has 1 aliphatic heterocycles. The second-order valence-electron chi connectivity index (χ2n) is 11.1. The van der Waals surface area contributed by atoms with Crippen LogP contribution in [0.5, 0.6) is 11.5 Å². The monoisotopic (exact) mass is 489 g/mol. The van der Waals surface area contributed by atoms with E-state index < -0.39 is 11.9 Å². The number of aliphatic carboxylic acids is 2. The van der Waals surface area contributed by atoms with Crippen LogP contribution in [0.2, 0.25) is 0 Å². The van der Waals surface area contributed by atoms with Gasteiger partial charge in [-0.25, -0.2) is 9.59 Å². The highest BCUT2D eigenvalue weighted by Crippen LogP contribution is 2.55. The molecule has 5 N–H and O–H groups in total. The molecular weight excluding hydrogens is 446 g/mol. The average Bonchev–Trinajstić information content (AvgIpc) is 2.74. The number of benzene rings is 1. The lowest BCUT2D eigenvalue weighted by molar-refractivity contribution is -0.134. The van der Waals surface area contributed by atoms with Gasteiger partial charge in [-0.15, -0.1) is 0 Å². The van der Waals surface area contributed by atoms with Gasteiger partial charge in [0.15, 0.2) is 0 Å². The zero-order valence-electron chi connectivity index (χ0n) is 21.8. The van der Waals surface area contributed by atoms with Crippen LogP contribution in [0.1, 0.15) is 103 Å². The van der Waals surface area contributed by atoms with E-state index in [0.717, 1.165) is 37.0 Å². The number of ether oxygens (including phenoxy) is 1. The summed E-state index contributed by atoms with van der Waals surface area (Å²) < 4.78 is 6.48. The molecule has 196 valence electrons. The number of nitrogens with two attached hydrogens (primary N) is 1. The maximum atomic E-state index is 11.0. The Morgan fingerprint density at radius 1 is 1.11 bits per heavy atom. The van der Waals surface area contributed by atoms with Crippen LogP contribution in [0.15, 0.2) is 24.3 Å². The van der Waals surface area contributed by atoms with E-state index in [9.17, 15) is 14.7 Å². The molecule has 0 bridgehead atoms. The fourth-order valence-electron chi connectivity index (χ4n) is 5.45. The highest BCUT2D eigenvalue weighted by molar-refractivity contribution is 5.89. The van der Waals surface area contributed by atoms with E-state index >= 15 is 0 Å². The van der Waals surface area contributed by atoms with Crippen LogP contribution in [-0.2, 0) is 15.0 Å². The highest BCUT2D eigenvalue weighted by atomic mass is 16.5. The van der Waals surface area contributed by atoms with Crippen LogP contribution >= 0.6 is 0 Å². The number of carboxylic acid groups (broad SMARTS) is 2. The number of hydrogen-bond donors (Lipinski definition) is 4. The van der Waals surface area contributed by atoms with Gasteiger partial charge in [-0.1, -0.05) is 46.5 Å². The van der Waals surface area contributed by atoms with Gasteiger partial charge in [0.2, 0.25) is 0 Å². The molecule has 1 heterocycles. The van der Waals surface area contributed by atoms with Gasteiger partial charge < -0.3 is 25.8 Å². The predicted molar refractivity (Wildman–Crippen MR) is 137 cm³/mol. The molecule has 3 unspecified atom stereocenters. The molecule has 7 heteroatoms. The average molecular weight is 490 g/mol. The summed E-state index contributed by atoms with van der Waals surface area (Å²) in [6.07, 6.45) is 10.4. The minimum atomic E-state index is -1.26. The first-order valence-electron chi connectivity index (χ1n) is 12.7. The van der Waals surface area contributed by atoms with Crippen molar-refractivity contribution in [1.82, 2.24) is 0 Å². The molecule has 0 radical (unpaired) electrons. The maximum Gasteiger partial charge on any atom is 0.328 e. The van der Waals surface area contributed by atoms with Crippen molar-refractivity contribution in [2.75, 3.05) is 0 Å². The molecular formula is C28H43NO6. The minimum Gasteiger partial charge on any atom is -0.508 e. The van der Waals surface area contributed by atoms with Crippen molar-refractivity contribution in [2.45, 2.75) is 109 Å². The van der Waals surface area contributed by atoms with Gasteiger partial charge in [-0.05, 0) is 68.6 Å². The maximum absolute atomic E-state index is 11.0. The molecule has 1 fully saturated rings. The molecule has 2 aliphatic rings. The first kappa shape index (κ1) is 28.7. The molecule has 3 rings (SSSR count). The lowest BCUT2D eigenvalue weighted by Gasteiger charge is -2.49. The van der Waals surface area contributed by atoms with E-state index in [1.807, 2.05) is 6.07 Å². The Labute approximate surface area is 209 Å². The molecule has 0 saturated heterocycles. The van der Waals surface area contributed by atoms with Gasteiger partial charge in [-0.3, -0.25) is 0 Å². The van der Waals surface area contributed by atoms with Crippen LogP contribution in [0, 0.1) is 5.92 Å². The van der Waals surface area contributed by atoms with E-state index in [4.69, 9.17) is 20.7 Å². The fraction of sp³-hybridized carbons (Fsp3) is 0.643. The molecule has 0 spiro atoms. The van der Waals surface area contributed by atoms with Crippen molar-refractivity contribution in [3.8, 4) is 11.5 Å². The Morgan fingerprint density at radius 2 is 1.74 bits per heavy atom. The summed E-state index contributed by atoms with van der Waals surface area (Å²) in [5.74, 6) is -0.506. The molecule has 0 amide bonds. The van der Waals surface area contributed by atoms with Crippen LogP contribution in [0.4, 0.5) is 0 Å². The van der Waals surface area contributed by atoms with Crippen molar-refractivity contribution in [3.05, 3.63) is 35.4 Å². The van der Waals surface area contributed by atoms with Crippen molar-refractivity contribution in [2.24, 2.45) is 11.7 Å². The van der Waals surface area contributed by atoms with Crippen LogP contribution < -0.4 is 10.5 Å². The number of fused-ring (bicyclic) bond motifs is 3. The lowest BCUT2D eigenvalue weighted by Crippen LogP contribution is -2.48. The summed E-state index contributed by atoms with van der Waals surface area (Å²) >= 11 is 0. The normalized spacial score (nSPS) is 22.9. The number of phenols is 1. The third kappa shape index (κ3) is 7.72. The van der Waals surface area contributed by atoms with Crippen LogP contribution in [-0.4, -0.2) is 38.9 Å². The number of carboxylic acids is 2. The first-order chi connectivity index (χ1) is 16.3. The van der Waals surface area contributed by atoms with Crippen LogP contribution in [0.3, 0.4) is 0 Å². The summed E-state index contributed by atoms with van der Waals surface area (Å²) in [7, 11) is 0. The number of carbonyl (C=O) groups is 2. The Kier molecular flexibility index (Phi) is 9.78. The van der Waals surface area contributed by atoms with Crippen molar-refractivity contribution in [1.29, 1.82) is 0 Å². The smallest absolute Gasteiger partial charge is 0.328 e. The Balaban J connectivity index is 0.000000466. The first-order valence-corrected chi connectivity index (χ1v) is 12.7. The zero-order valence-corrected chi connectivity index (χ0v) is 21.8. The number of phenolic OH excluding ortho intramolecular Hbond substituents is 1. The fourth-order valence-corrected chi connectivity index (χ4v) is 5.45. The van der Waals surface area contributed by atoms with E-state index in [0.29, 0.717) is 29.7 Å². The zero-order chi connectivity index (χ0) is 26.4. The standard InChI is InChI=1S/C24H39NO2.C4H4O4/c1-6-7-8-9-12-23(2,3)16-13-20(26)22-18-15-17(25)10-11-19(18)24(4,5)27-21(22)14-16;5-3(6)1-2-4(7)8/h13-14,17-19,26H,6-12,15,25H2,1-5H3;1-2H,(H,5,6)(H,7,8)/b;2-1-. The van der Waals surface area contributed by atoms with Gasteiger partial charge in [0.25, 0.3) is 0 Å².